The predicted molar refractivity (Wildman–Crippen MR) is 126 cm³/mol. The molecule has 0 N–H and O–H groups in total. The van der Waals surface area contributed by atoms with Crippen LogP contribution in [0.3, 0.4) is 0 Å². The van der Waals surface area contributed by atoms with Crippen LogP contribution in [-0.4, -0.2) is 29.7 Å². The number of nitrogens with zero attached hydrogens (tertiary/aromatic N) is 1. The number of halogens is 2. The minimum Gasteiger partial charge on any atom is -0.444 e. The average molecular weight is 474 g/mol. The highest BCUT2D eigenvalue weighted by Gasteiger charge is 2.42. The monoisotopic (exact) mass is 473 g/mol. The highest BCUT2D eigenvalue weighted by Crippen LogP contribution is 2.49. The number of hydrogen-bond acceptors (Lipinski definition) is 4. The van der Waals surface area contributed by atoms with E-state index in [0.29, 0.717) is 36.0 Å². The predicted octanol–water partition coefficient (Wildman–Crippen LogP) is 6.93. The minimum absolute atomic E-state index is 0.273. The third kappa shape index (κ3) is 4.81. The van der Waals surface area contributed by atoms with Gasteiger partial charge >= 0.3 is 6.09 Å². The molecule has 7 heteroatoms. The van der Waals surface area contributed by atoms with Crippen LogP contribution in [0.25, 0.3) is 5.57 Å². The lowest BCUT2D eigenvalue weighted by molar-refractivity contribution is -0.0708. The van der Waals surface area contributed by atoms with Crippen molar-refractivity contribution in [1.82, 2.24) is 4.90 Å². The first-order valence-corrected chi connectivity index (χ1v) is 11.6. The van der Waals surface area contributed by atoms with Crippen molar-refractivity contribution >= 4 is 23.3 Å². The third-order valence-corrected chi connectivity index (χ3v) is 6.26. The number of benzene rings is 2. The Bertz CT molecular complexity index is 1100. The first-order chi connectivity index (χ1) is 15.6. The number of amides is 1. The first-order valence-electron chi connectivity index (χ1n) is 11.3. The van der Waals surface area contributed by atoms with Gasteiger partial charge in [-0.15, -0.1) is 0 Å². The summed E-state index contributed by atoms with van der Waals surface area (Å²) in [5, 5.41) is 0.310. The Balaban J connectivity index is 1.52. The van der Waals surface area contributed by atoms with Crippen molar-refractivity contribution < 1.29 is 23.4 Å². The van der Waals surface area contributed by atoms with E-state index in [0.717, 1.165) is 24.0 Å². The third-order valence-electron chi connectivity index (χ3n) is 6.03. The van der Waals surface area contributed by atoms with E-state index >= 15 is 0 Å². The quantitative estimate of drug-likeness (QED) is 0.472. The lowest BCUT2D eigenvalue weighted by atomic mass is 9.98. The summed E-state index contributed by atoms with van der Waals surface area (Å²) in [6, 6.07) is 10.1. The van der Waals surface area contributed by atoms with Gasteiger partial charge in [-0.05, 0) is 56.5 Å². The van der Waals surface area contributed by atoms with Crippen LogP contribution in [0.2, 0.25) is 5.02 Å². The Morgan fingerprint density at radius 3 is 2.73 bits per heavy atom. The molecule has 1 atom stereocenters. The molecular weight excluding hydrogens is 445 g/mol. The van der Waals surface area contributed by atoms with Crippen LogP contribution >= 0.6 is 11.6 Å². The molecular formula is C26H29ClFNO4. The molecule has 33 heavy (non-hydrogen) atoms. The number of para-hydroxylation sites is 1. The van der Waals surface area contributed by atoms with Crippen LogP contribution in [0.5, 0.6) is 11.5 Å². The lowest BCUT2D eigenvalue weighted by Crippen LogP contribution is -2.40. The molecule has 0 radical (unpaired) electrons. The summed E-state index contributed by atoms with van der Waals surface area (Å²) in [4.78, 5) is 14.3. The van der Waals surface area contributed by atoms with Crippen molar-refractivity contribution in [2.45, 2.75) is 58.3 Å². The van der Waals surface area contributed by atoms with Gasteiger partial charge in [0.1, 0.15) is 11.4 Å². The molecule has 4 rings (SSSR count). The van der Waals surface area contributed by atoms with E-state index in [1.165, 1.54) is 6.07 Å². The molecule has 0 aromatic heterocycles. The number of carbonyl (C=O) groups excluding carboxylic acids is 1. The van der Waals surface area contributed by atoms with Crippen molar-refractivity contribution in [1.29, 1.82) is 0 Å². The highest BCUT2D eigenvalue weighted by molar-refractivity contribution is 6.30. The van der Waals surface area contributed by atoms with Gasteiger partial charge in [-0.25, -0.2) is 9.18 Å². The maximum Gasteiger partial charge on any atom is 0.410 e. The van der Waals surface area contributed by atoms with Crippen LogP contribution in [0.15, 0.2) is 42.5 Å². The van der Waals surface area contributed by atoms with E-state index in [9.17, 15) is 9.18 Å². The van der Waals surface area contributed by atoms with Crippen LogP contribution in [0.1, 0.15) is 58.1 Å². The molecule has 1 amide bonds. The fourth-order valence-electron chi connectivity index (χ4n) is 4.38. The minimum atomic E-state index is -1.30. The molecule has 0 fully saturated rings. The van der Waals surface area contributed by atoms with Gasteiger partial charge in [-0.2, -0.15) is 0 Å². The molecule has 0 bridgehead atoms. The van der Waals surface area contributed by atoms with Crippen molar-refractivity contribution in [3.63, 3.8) is 0 Å². The summed E-state index contributed by atoms with van der Waals surface area (Å²) < 4.78 is 32.6. The number of carbonyl (C=O) groups is 1. The van der Waals surface area contributed by atoms with Crippen LogP contribution in [-0.2, 0) is 10.5 Å². The summed E-state index contributed by atoms with van der Waals surface area (Å²) in [5.74, 6) is -0.672. The number of hydrogen-bond donors (Lipinski definition) is 0. The van der Waals surface area contributed by atoms with Crippen molar-refractivity contribution in [2.24, 2.45) is 0 Å². The largest absolute Gasteiger partial charge is 0.444 e. The van der Waals surface area contributed by atoms with E-state index in [4.69, 9.17) is 25.8 Å². The molecule has 0 saturated carbocycles. The smallest absolute Gasteiger partial charge is 0.410 e. The fourth-order valence-corrected chi connectivity index (χ4v) is 4.54. The van der Waals surface area contributed by atoms with Gasteiger partial charge in [0.05, 0.1) is 5.56 Å². The van der Waals surface area contributed by atoms with Gasteiger partial charge in [0.2, 0.25) is 0 Å². The van der Waals surface area contributed by atoms with Gasteiger partial charge in [0, 0.05) is 30.6 Å². The summed E-state index contributed by atoms with van der Waals surface area (Å²) >= 11 is 5.90. The summed E-state index contributed by atoms with van der Waals surface area (Å²) in [6.45, 7) is 8.62. The SMILES string of the molecule is CCCC(C)(C)OC(=O)N1CC=C(c2cccc3c2OC(C)(c2ccc(Cl)cc2F)O3)CC1. The van der Waals surface area contributed by atoms with Crippen LogP contribution in [0.4, 0.5) is 9.18 Å². The summed E-state index contributed by atoms with van der Waals surface area (Å²) in [7, 11) is 0. The molecule has 2 aromatic carbocycles. The second kappa shape index (κ2) is 8.90. The Morgan fingerprint density at radius 2 is 2.06 bits per heavy atom. The topological polar surface area (TPSA) is 48.0 Å². The summed E-state index contributed by atoms with van der Waals surface area (Å²) in [6.07, 6.45) is 4.12. The van der Waals surface area contributed by atoms with E-state index < -0.39 is 17.2 Å². The van der Waals surface area contributed by atoms with Gasteiger partial charge in [-0.3, -0.25) is 0 Å². The number of rotatable bonds is 5. The lowest BCUT2D eigenvalue weighted by Gasteiger charge is -2.31. The second-order valence-corrected chi connectivity index (χ2v) is 9.65. The molecule has 0 saturated heterocycles. The van der Waals surface area contributed by atoms with Gasteiger partial charge < -0.3 is 19.1 Å². The van der Waals surface area contributed by atoms with Gasteiger partial charge in [0.15, 0.2) is 11.5 Å². The average Bonchev–Trinajstić information content (AvgIpc) is 3.10. The molecule has 176 valence electrons. The molecule has 2 heterocycles. The standard InChI is InChI=1S/C26H29ClFNO4/c1-5-13-25(2,3)33-24(30)29-14-11-17(12-15-29)19-7-6-8-22-23(19)32-26(4,31-22)20-10-9-18(27)16-21(20)28/h6-11,16H,5,12-15H2,1-4H3. The number of fused-ring (bicyclic) bond motifs is 1. The van der Waals surface area contributed by atoms with E-state index in [1.807, 2.05) is 32.1 Å². The number of ether oxygens (including phenoxy) is 3. The zero-order valence-electron chi connectivity index (χ0n) is 19.4. The van der Waals surface area contributed by atoms with Crippen LogP contribution < -0.4 is 9.47 Å². The Morgan fingerprint density at radius 1 is 1.27 bits per heavy atom. The zero-order valence-corrected chi connectivity index (χ0v) is 20.2. The molecule has 2 aliphatic rings. The first kappa shape index (κ1) is 23.4. The zero-order chi connectivity index (χ0) is 23.8. The normalized spacial score (nSPS) is 19.9. The second-order valence-electron chi connectivity index (χ2n) is 9.21. The van der Waals surface area contributed by atoms with E-state index in [-0.39, 0.29) is 11.7 Å². The Hall–Kier alpha value is -2.73. The fraction of sp³-hybridized carbons (Fsp3) is 0.423. The Kier molecular flexibility index (Phi) is 6.32. The van der Waals surface area contributed by atoms with Gasteiger partial charge in [-0.1, -0.05) is 43.2 Å². The molecule has 0 aliphatic carbocycles. The van der Waals surface area contributed by atoms with Crippen molar-refractivity contribution in [3.8, 4) is 11.5 Å². The van der Waals surface area contributed by atoms with Gasteiger partial charge in [0.25, 0.3) is 5.79 Å². The molecule has 0 spiro atoms. The van der Waals surface area contributed by atoms with E-state index in [1.54, 1.807) is 30.0 Å². The van der Waals surface area contributed by atoms with Crippen molar-refractivity contribution in [2.75, 3.05) is 13.1 Å². The Labute approximate surface area is 199 Å². The van der Waals surface area contributed by atoms with Crippen LogP contribution in [0, 0.1) is 5.82 Å². The van der Waals surface area contributed by atoms with Crippen molar-refractivity contribution in [3.05, 3.63) is 64.4 Å². The maximum atomic E-state index is 14.6. The van der Waals surface area contributed by atoms with E-state index in [2.05, 4.69) is 6.92 Å². The molecule has 2 aliphatic heterocycles. The molecule has 5 nitrogen and oxygen atoms in total. The maximum absolute atomic E-state index is 14.6. The highest BCUT2D eigenvalue weighted by atomic mass is 35.5. The summed E-state index contributed by atoms with van der Waals surface area (Å²) in [5.41, 5.74) is 1.72. The molecule has 1 unspecified atom stereocenters. The molecule has 2 aromatic rings.